The van der Waals surface area contributed by atoms with E-state index in [0.29, 0.717) is 6.54 Å². The van der Waals surface area contributed by atoms with Gasteiger partial charge >= 0.3 is 5.97 Å². The molecule has 0 unspecified atom stereocenters. The highest BCUT2D eigenvalue weighted by Crippen LogP contribution is 1.94. The fourth-order valence-electron chi connectivity index (χ4n) is 0.884. The van der Waals surface area contributed by atoms with Crippen molar-refractivity contribution >= 4 is 11.9 Å². The van der Waals surface area contributed by atoms with Gasteiger partial charge in [-0.25, -0.2) is 0 Å². The molecule has 3 N–H and O–H groups in total. The zero-order chi connectivity index (χ0) is 10.4. The Morgan fingerprint density at radius 3 is 2.86 bits per heavy atom. The normalized spacial score (nSPS) is 9.71. The van der Waals surface area contributed by atoms with Gasteiger partial charge in [0.05, 0.1) is 12.6 Å². The monoisotopic (exact) mass is 197 g/mol. The van der Waals surface area contributed by atoms with E-state index >= 15 is 0 Å². The van der Waals surface area contributed by atoms with Crippen LogP contribution in [0.4, 0.5) is 0 Å². The van der Waals surface area contributed by atoms with Crippen molar-refractivity contribution in [2.75, 3.05) is 0 Å². The lowest BCUT2D eigenvalue weighted by molar-refractivity contribution is -0.138. The van der Waals surface area contributed by atoms with Crippen LogP contribution in [0.2, 0.25) is 0 Å². The van der Waals surface area contributed by atoms with Crippen LogP contribution in [0, 0.1) is 0 Å². The van der Waals surface area contributed by atoms with Crippen LogP contribution >= 0.6 is 0 Å². The summed E-state index contributed by atoms with van der Waals surface area (Å²) in [5, 5.41) is 17.2. The van der Waals surface area contributed by atoms with E-state index in [2.05, 4.69) is 15.5 Å². The number of carboxylic acid groups (broad SMARTS) is 1. The number of hydrogen-bond acceptors (Lipinski definition) is 3. The fourth-order valence-corrected chi connectivity index (χ4v) is 0.884. The molecule has 0 fully saturated rings. The topological polar surface area (TPSA) is 95.1 Å². The number of H-pyrrole nitrogens is 1. The Balaban J connectivity index is 2.18. The van der Waals surface area contributed by atoms with E-state index in [1.807, 2.05) is 0 Å². The van der Waals surface area contributed by atoms with Crippen LogP contribution in [0.25, 0.3) is 0 Å². The van der Waals surface area contributed by atoms with Crippen LogP contribution < -0.4 is 5.32 Å². The molecule has 1 heterocycles. The van der Waals surface area contributed by atoms with E-state index < -0.39 is 5.97 Å². The summed E-state index contributed by atoms with van der Waals surface area (Å²) in [5.41, 5.74) is 0.855. The number of carboxylic acids is 1. The zero-order valence-corrected chi connectivity index (χ0v) is 7.49. The van der Waals surface area contributed by atoms with Crippen molar-refractivity contribution in [2.45, 2.75) is 19.4 Å². The average molecular weight is 197 g/mol. The third-order valence-corrected chi connectivity index (χ3v) is 1.61. The van der Waals surface area contributed by atoms with Crippen LogP contribution in [0.5, 0.6) is 0 Å². The highest BCUT2D eigenvalue weighted by molar-refractivity contribution is 5.80. The van der Waals surface area contributed by atoms with Crippen molar-refractivity contribution in [3.63, 3.8) is 0 Å². The molecule has 0 bridgehead atoms. The Morgan fingerprint density at radius 2 is 2.29 bits per heavy atom. The van der Waals surface area contributed by atoms with E-state index in [-0.39, 0.29) is 18.7 Å². The highest BCUT2D eigenvalue weighted by Gasteiger charge is 2.04. The molecule has 1 rings (SSSR count). The van der Waals surface area contributed by atoms with E-state index in [1.54, 1.807) is 12.4 Å². The van der Waals surface area contributed by atoms with Gasteiger partial charge in [-0.1, -0.05) is 0 Å². The van der Waals surface area contributed by atoms with Gasteiger partial charge in [0.15, 0.2) is 0 Å². The predicted molar refractivity (Wildman–Crippen MR) is 47.3 cm³/mol. The van der Waals surface area contributed by atoms with Crippen molar-refractivity contribution in [1.82, 2.24) is 15.5 Å². The molecule has 0 aliphatic carbocycles. The molecule has 0 aliphatic rings. The molecule has 6 nitrogen and oxygen atoms in total. The Bertz CT molecular complexity index is 308. The molecule has 76 valence electrons. The standard InChI is InChI=1S/C8H11N3O3/c12-7(1-2-8(13)14)9-3-6-4-10-11-5-6/h4-5H,1-3H2,(H,9,12)(H,10,11)(H,13,14). The summed E-state index contributed by atoms with van der Waals surface area (Å²) in [7, 11) is 0. The summed E-state index contributed by atoms with van der Waals surface area (Å²) < 4.78 is 0. The van der Waals surface area contributed by atoms with Crippen molar-refractivity contribution in [3.8, 4) is 0 Å². The van der Waals surface area contributed by atoms with Gasteiger partial charge in [-0.2, -0.15) is 5.10 Å². The number of carbonyl (C=O) groups excluding carboxylic acids is 1. The first kappa shape index (κ1) is 10.2. The maximum atomic E-state index is 11.0. The number of hydrogen-bond donors (Lipinski definition) is 3. The van der Waals surface area contributed by atoms with Crippen LogP contribution in [0.1, 0.15) is 18.4 Å². The minimum Gasteiger partial charge on any atom is -0.481 e. The molecule has 0 spiro atoms. The smallest absolute Gasteiger partial charge is 0.303 e. The number of nitrogens with one attached hydrogen (secondary N) is 2. The fraction of sp³-hybridized carbons (Fsp3) is 0.375. The Kier molecular flexibility index (Phi) is 3.66. The van der Waals surface area contributed by atoms with Gasteiger partial charge in [0.2, 0.25) is 5.91 Å². The van der Waals surface area contributed by atoms with Gasteiger partial charge in [0.25, 0.3) is 0 Å². The summed E-state index contributed by atoms with van der Waals surface area (Å²) in [4.78, 5) is 21.2. The SMILES string of the molecule is O=C(O)CCC(=O)NCc1cn[nH]c1. The molecule has 6 heteroatoms. The Morgan fingerprint density at radius 1 is 1.50 bits per heavy atom. The zero-order valence-electron chi connectivity index (χ0n) is 7.49. The van der Waals surface area contributed by atoms with E-state index in [4.69, 9.17) is 5.11 Å². The lowest BCUT2D eigenvalue weighted by Gasteiger charge is -2.00. The number of amides is 1. The van der Waals surface area contributed by atoms with Crippen molar-refractivity contribution < 1.29 is 14.7 Å². The number of carbonyl (C=O) groups is 2. The first-order chi connectivity index (χ1) is 6.68. The van der Waals surface area contributed by atoms with Crippen LogP contribution in [-0.4, -0.2) is 27.2 Å². The quantitative estimate of drug-likeness (QED) is 0.613. The van der Waals surface area contributed by atoms with Crippen molar-refractivity contribution in [1.29, 1.82) is 0 Å². The molecular weight excluding hydrogens is 186 g/mol. The van der Waals surface area contributed by atoms with Gasteiger partial charge < -0.3 is 10.4 Å². The van der Waals surface area contributed by atoms with Gasteiger partial charge in [-0.05, 0) is 0 Å². The molecule has 0 aliphatic heterocycles. The molecule has 0 radical (unpaired) electrons. The van der Waals surface area contributed by atoms with Crippen molar-refractivity contribution in [2.24, 2.45) is 0 Å². The molecule has 1 aromatic rings. The number of nitrogens with zero attached hydrogens (tertiary/aromatic N) is 1. The second-order valence-corrected chi connectivity index (χ2v) is 2.78. The summed E-state index contributed by atoms with van der Waals surface area (Å²) >= 11 is 0. The maximum Gasteiger partial charge on any atom is 0.303 e. The molecule has 0 aromatic carbocycles. The second kappa shape index (κ2) is 5.00. The summed E-state index contributed by atoms with van der Waals surface area (Å²) in [6.45, 7) is 0.370. The average Bonchev–Trinajstić information content (AvgIpc) is 2.63. The van der Waals surface area contributed by atoms with E-state index in [1.165, 1.54) is 0 Å². The minimum atomic E-state index is -0.969. The van der Waals surface area contributed by atoms with E-state index in [0.717, 1.165) is 5.56 Å². The van der Waals surface area contributed by atoms with Gasteiger partial charge in [-0.15, -0.1) is 0 Å². The lowest BCUT2D eigenvalue weighted by atomic mass is 10.3. The largest absolute Gasteiger partial charge is 0.481 e. The summed E-state index contributed by atoms with van der Waals surface area (Å²) in [6, 6.07) is 0. The number of aromatic nitrogens is 2. The first-order valence-corrected chi connectivity index (χ1v) is 4.14. The van der Waals surface area contributed by atoms with Crippen molar-refractivity contribution in [3.05, 3.63) is 18.0 Å². The van der Waals surface area contributed by atoms with Crippen LogP contribution in [0.3, 0.4) is 0 Å². The molecule has 14 heavy (non-hydrogen) atoms. The Hall–Kier alpha value is -1.85. The predicted octanol–water partition coefficient (Wildman–Crippen LogP) is -0.109. The van der Waals surface area contributed by atoms with Gasteiger partial charge in [0.1, 0.15) is 0 Å². The first-order valence-electron chi connectivity index (χ1n) is 4.14. The lowest BCUT2D eigenvalue weighted by Crippen LogP contribution is -2.22. The third kappa shape index (κ3) is 3.70. The number of aromatic amines is 1. The molecular formula is C8H11N3O3. The molecule has 1 amide bonds. The van der Waals surface area contributed by atoms with Crippen LogP contribution in [0.15, 0.2) is 12.4 Å². The van der Waals surface area contributed by atoms with Gasteiger partial charge in [0, 0.05) is 24.7 Å². The minimum absolute atomic E-state index is 0.00713. The van der Waals surface area contributed by atoms with Crippen LogP contribution in [-0.2, 0) is 16.1 Å². The number of aliphatic carboxylic acids is 1. The molecule has 0 saturated heterocycles. The van der Waals surface area contributed by atoms with E-state index in [9.17, 15) is 9.59 Å². The second-order valence-electron chi connectivity index (χ2n) is 2.78. The third-order valence-electron chi connectivity index (χ3n) is 1.61. The van der Waals surface area contributed by atoms with Gasteiger partial charge in [-0.3, -0.25) is 14.7 Å². The molecule has 0 saturated carbocycles. The Labute approximate surface area is 80.3 Å². The molecule has 1 aromatic heterocycles. The molecule has 0 atom stereocenters. The summed E-state index contributed by atoms with van der Waals surface area (Å²) in [6.07, 6.45) is 3.12. The summed E-state index contributed by atoms with van der Waals surface area (Å²) in [5.74, 6) is -1.24. The highest BCUT2D eigenvalue weighted by atomic mass is 16.4. The number of rotatable bonds is 5. The maximum absolute atomic E-state index is 11.0.